The van der Waals surface area contributed by atoms with Gasteiger partial charge in [0, 0.05) is 0 Å². The third-order valence-corrected chi connectivity index (χ3v) is 18.7. The van der Waals surface area contributed by atoms with Crippen LogP contribution in [-0.2, 0) is 34.9 Å². The topological polar surface area (TPSA) is 38.7 Å². The van der Waals surface area contributed by atoms with E-state index in [1.54, 1.807) is 19.1 Å². The Hall–Kier alpha value is -2.37. The molecule has 0 amide bonds. The van der Waals surface area contributed by atoms with Crippen molar-refractivity contribution in [2.75, 3.05) is 0 Å². The van der Waals surface area contributed by atoms with Crippen LogP contribution in [0.25, 0.3) is 5.57 Å². The maximum absolute atomic E-state index is 13.0. The van der Waals surface area contributed by atoms with Crippen LogP contribution in [0.1, 0.15) is 82.7 Å². The van der Waals surface area contributed by atoms with Crippen LogP contribution in [0.4, 0.5) is 26.3 Å². The van der Waals surface area contributed by atoms with Gasteiger partial charge in [-0.05, 0) is 101 Å². The van der Waals surface area contributed by atoms with Gasteiger partial charge in [0.25, 0.3) is 0 Å². The highest BCUT2D eigenvalue weighted by molar-refractivity contribution is 6.74. The number of hydrogen-bond acceptors (Lipinski definition) is 3. The molecule has 2 aromatic rings. The van der Waals surface area contributed by atoms with Gasteiger partial charge in [-0.15, -0.1) is 0 Å². The minimum absolute atomic E-state index is 0.0582. The van der Waals surface area contributed by atoms with E-state index >= 15 is 0 Å². The second kappa shape index (κ2) is 15.3. The van der Waals surface area contributed by atoms with Crippen LogP contribution in [0.3, 0.4) is 0 Å². The number of hydrogen-bond donors (Lipinski definition) is 1. The molecule has 1 N–H and O–H groups in total. The van der Waals surface area contributed by atoms with E-state index < -0.39 is 34.6 Å². The molecule has 0 bridgehead atoms. The number of benzene rings is 2. The number of allylic oxidation sites excluding steroid dienone is 2. The maximum atomic E-state index is 13.0. The first-order valence-corrected chi connectivity index (χ1v) is 22.0. The first-order chi connectivity index (χ1) is 21.6. The highest BCUT2D eigenvalue weighted by Crippen LogP contribution is 2.43. The van der Waals surface area contributed by atoms with Gasteiger partial charge in [-0.25, -0.2) is 0 Å². The van der Waals surface area contributed by atoms with Crippen molar-refractivity contribution in [3.05, 3.63) is 76.4 Å². The maximum Gasteiger partial charge on any atom is 0.438 e. The van der Waals surface area contributed by atoms with E-state index in [0.29, 0.717) is 43.6 Å². The van der Waals surface area contributed by atoms with Gasteiger partial charge in [-0.1, -0.05) is 96.9 Å². The molecule has 48 heavy (non-hydrogen) atoms. The van der Waals surface area contributed by atoms with E-state index in [0.717, 1.165) is 34.3 Å². The standard InChI is InChI=1S/C37H52F6O3Si2/c1-12-29(17-14-22-35(44,36(38,39)40)37(41,42)43)30-16-13-15-27(23-30)18-19-28-20-21-31(25-45-47(8,9)33(2,3)4)32(24-28)26-46-48(10,11)34(5,6)7/h13,15-17,20-21,23-24,44H,12,18-19,25-26H2,1-11H3. The molecule has 2 aromatic carbocycles. The zero-order valence-electron chi connectivity index (χ0n) is 30.2. The average molecular weight is 715 g/mol. The molecule has 0 unspecified atom stereocenters. The Morgan fingerprint density at radius 1 is 0.729 bits per heavy atom. The predicted molar refractivity (Wildman–Crippen MR) is 187 cm³/mol. The lowest BCUT2D eigenvalue weighted by atomic mass is 9.96. The molecule has 0 spiro atoms. The second-order valence-electron chi connectivity index (χ2n) is 15.4. The summed E-state index contributed by atoms with van der Waals surface area (Å²) >= 11 is 0. The average Bonchev–Trinajstić information content (AvgIpc) is 2.94. The molecule has 0 heterocycles. The van der Waals surface area contributed by atoms with Crippen molar-refractivity contribution in [2.24, 2.45) is 0 Å². The summed E-state index contributed by atoms with van der Waals surface area (Å²) in [6.45, 7) is 24.9. The summed E-state index contributed by atoms with van der Waals surface area (Å²) in [6, 6.07) is 13.7. The highest BCUT2D eigenvalue weighted by atomic mass is 28.4. The first-order valence-electron chi connectivity index (χ1n) is 16.2. The number of aryl methyl sites for hydroxylation is 2. The van der Waals surface area contributed by atoms with Crippen molar-refractivity contribution in [1.29, 1.82) is 0 Å². The number of alkyl halides is 6. The van der Waals surface area contributed by atoms with Crippen LogP contribution in [0.5, 0.6) is 0 Å². The molecule has 0 saturated carbocycles. The molecule has 268 valence electrons. The van der Waals surface area contributed by atoms with Crippen molar-refractivity contribution in [3.8, 4) is 11.8 Å². The van der Waals surface area contributed by atoms with Crippen LogP contribution >= 0.6 is 0 Å². The van der Waals surface area contributed by atoms with Crippen molar-refractivity contribution in [1.82, 2.24) is 0 Å². The van der Waals surface area contributed by atoms with E-state index in [-0.39, 0.29) is 10.1 Å². The van der Waals surface area contributed by atoms with E-state index in [1.807, 2.05) is 18.1 Å². The lowest BCUT2D eigenvalue weighted by Gasteiger charge is -2.37. The molecule has 0 aliphatic carbocycles. The summed E-state index contributed by atoms with van der Waals surface area (Å²) in [5.74, 6) is 2.82. The molecule has 0 fully saturated rings. The highest BCUT2D eigenvalue weighted by Gasteiger charge is 2.70. The quantitative estimate of drug-likeness (QED) is 0.143. The fraction of sp³-hybridized carbons (Fsp3) is 0.568. The predicted octanol–water partition coefficient (Wildman–Crippen LogP) is 11.2. The number of aliphatic hydroxyl groups is 1. The van der Waals surface area contributed by atoms with Crippen molar-refractivity contribution in [2.45, 2.75) is 135 Å². The fourth-order valence-corrected chi connectivity index (χ4v) is 6.09. The molecule has 11 heteroatoms. The Labute approximate surface area is 285 Å². The summed E-state index contributed by atoms with van der Waals surface area (Å²) < 4.78 is 91.3. The smallest absolute Gasteiger partial charge is 0.413 e. The Kier molecular flexibility index (Phi) is 13.3. The SMILES string of the molecule is CCC(=CC#CC(O)(C(F)(F)F)C(F)(F)F)c1cccc(CCc2ccc(CO[Si](C)(C)C(C)(C)C)c(CO[Si](C)(C)C(C)(C)C)c2)c1. The van der Waals surface area contributed by atoms with Gasteiger partial charge in [0.1, 0.15) is 0 Å². The van der Waals surface area contributed by atoms with Crippen molar-refractivity contribution >= 4 is 22.2 Å². The van der Waals surface area contributed by atoms with Gasteiger partial charge < -0.3 is 14.0 Å². The molecule has 0 saturated heterocycles. The first kappa shape index (κ1) is 41.8. The molecule has 0 aliphatic rings. The fourth-order valence-electron chi connectivity index (χ4n) is 4.19. The lowest BCUT2D eigenvalue weighted by molar-refractivity contribution is -0.343. The Morgan fingerprint density at radius 3 is 1.67 bits per heavy atom. The van der Waals surface area contributed by atoms with Crippen molar-refractivity contribution < 1.29 is 40.3 Å². The molecule has 2 rings (SSSR count). The van der Waals surface area contributed by atoms with Crippen LogP contribution < -0.4 is 0 Å². The third kappa shape index (κ3) is 10.6. The minimum Gasteiger partial charge on any atom is -0.413 e. The molecular weight excluding hydrogens is 663 g/mol. The second-order valence-corrected chi connectivity index (χ2v) is 25.0. The Bertz CT molecular complexity index is 1470. The van der Waals surface area contributed by atoms with Gasteiger partial charge in [0.05, 0.1) is 13.2 Å². The van der Waals surface area contributed by atoms with E-state index in [1.165, 1.54) is 0 Å². The zero-order valence-corrected chi connectivity index (χ0v) is 32.2. The molecule has 0 aromatic heterocycles. The van der Waals surface area contributed by atoms with Gasteiger partial charge in [-0.3, -0.25) is 0 Å². The Morgan fingerprint density at radius 2 is 1.21 bits per heavy atom. The molecule has 0 atom stereocenters. The number of halogens is 6. The monoisotopic (exact) mass is 714 g/mol. The largest absolute Gasteiger partial charge is 0.438 e. The van der Waals surface area contributed by atoms with Crippen LogP contribution in [-0.4, -0.2) is 39.7 Å². The van der Waals surface area contributed by atoms with Gasteiger partial charge in [0.2, 0.25) is 0 Å². The van der Waals surface area contributed by atoms with E-state index in [4.69, 9.17) is 8.85 Å². The van der Waals surface area contributed by atoms with Crippen LogP contribution in [0.2, 0.25) is 36.3 Å². The summed E-state index contributed by atoms with van der Waals surface area (Å²) in [7, 11) is -4.00. The van der Waals surface area contributed by atoms with E-state index in [9.17, 15) is 31.4 Å². The summed E-state index contributed by atoms with van der Waals surface area (Å²) in [5, 5.41) is 9.48. The van der Waals surface area contributed by atoms with Crippen LogP contribution in [0, 0.1) is 11.8 Å². The minimum atomic E-state index is -5.99. The third-order valence-electron chi connectivity index (χ3n) is 9.76. The molecular formula is C37H52F6O3Si2. The lowest BCUT2D eigenvalue weighted by Crippen LogP contribution is -2.55. The molecule has 3 nitrogen and oxygen atoms in total. The van der Waals surface area contributed by atoms with Gasteiger partial charge in [0.15, 0.2) is 16.6 Å². The molecule has 0 radical (unpaired) electrons. The summed E-state index contributed by atoms with van der Waals surface area (Å²) in [4.78, 5) is 0. The van der Waals surface area contributed by atoms with Gasteiger partial charge >= 0.3 is 18.0 Å². The van der Waals surface area contributed by atoms with E-state index in [2.05, 4.69) is 85.9 Å². The zero-order chi connectivity index (χ0) is 37.0. The summed E-state index contributed by atoms with van der Waals surface area (Å²) in [5.41, 5.74) is 0.231. The Balaban J connectivity index is 2.35. The normalized spacial score (nSPS) is 14.2. The number of rotatable bonds is 11. The summed E-state index contributed by atoms with van der Waals surface area (Å²) in [6.07, 6.45) is -9.32. The van der Waals surface area contributed by atoms with Gasteiger partial charge in [-0.2, -0.15) is 26.3 Å². The molecule has 0 aliphatic heterocycles. The van der Waals surface area contributed by atoms with Crippen molar-refractivity contribution in [3.63, 3.8) is 0 Å². The van der Waals surface area contributed by atoms with Crippen LogP contribution in [0.15, 0.2) is 48.5 Å².